The number of hydrogen-bond acceptors (Lipinski definition) is 5. The Kier molecular flexibility index (Phi) is 5.58. The van der Waals surface area contributed by atoms with E-state index in [1.54, 1.807) is 17.3 Å². The Hall–Kier alpha value is -1.40. The molecule has 0 aromatic carbocycles. The lowest BCUT2D eigenvalue weighted by atomic mass is 10.1. The van der Waals surface area contributed by atoms with Crippen molar-refractivity contribution in [3.8, 4) is 0 Å². The molecule has 1 saturated heterocycles. The van der Waals surface area contributed by atoms with Gasteiger partial charge in [-0.2, -0.15) is 0 Å². The minimum Gasteiger partial charge on any atom is -0.444 e. The number of nitrogens with zero attached hydrogens (tertiary/aromatic N) is 3. The number of piperidine rings is 1. The maximum absolute atomic E-state index is 12.1. The van der Waals surface area contributed by atoms with Gasteiger partial charge < -0.3 is 15.0 Å². The van der Waals surface area contributed by atoms with Gasteiger partial charge >= 0.3 is 6.09 Å². The van der Waals surface area contributed by atoms with Gasteiger partial charge in [0.25, 0.3) is 0 Å². The standard InChI is InChI=1S/C15H23ClN4O2/c1-15(2,3)22-14(21)20-8-4-5-11(10-20)19-9-12-13(16)18-7-6-17-12/h6-7,11,19H,4-5,8-10H2,1-3H3. The molecule has 0 aliphatic carbocycles. The molecule has 122 valence electrons. The van der Waals surface area contributed by atoms with Gasteiger partial charge in [0, 0.05) is 38.1 Å². The van der Waals surface area contributed by atoms with Crippen LogP contribution in [-0.4, -0.2) is 45.7 Å². The minimum absolute atomic E-state index is 0.208. The van der Waals surface area contributed by atoms with Gasteiger partial charge in [0.15, 0.2) is 5.15 Å². The molecule has 6 nitrogen and oxygen atoms in total. The molecule has 7 heteroatoms. The molecule has 2 rings (SSSR count). The highest BCUT2D eigenvalue weighted by atomic mass is 35.5. The first kappa shape index (κ1) is 17.0. The molecule has 1 amide bonds. The molecule has 0 spiro atoms. The van der Waals surface area contributed by atoms with E-state index in [1.165, 1.54) is 0 Å². The Labute approximate surface area is 136 Å². The summed E-state index contributed by atoms with van der Waals surface area (Å²) < 4.78 is 5.42. The zero-order valence-corrected chi connectivity index (χ0v) is 14.1. The van der Waals surface area contributed by atoms with Gasteiger partial charge in [-0.15, -0.1) is 0 Å². The molecule has 1 aromatic rings. The van der Waals surface area contributed by atoms with Crippen molar-refractivity contribution < 1.29 is 9.53 Å². The second-order valence-corrected chi connectivity index (χ2v) is 6.80. The molecule has 1 aliphatic heterocycles. The molecular weight excluding hydrogens is 304 g/mol. The second-order valence-electron chi connectivity index (χ2n) is 6.44. The lowest BCUT2D eigenvalue weighted by molar-refractivity contribution is 0.0187. The van der Waals surface area contributed by atoms with E-state index in [2.05, 4.69) is 15.3 Å². The summed E-state index contributed by atoms with van der Waals surface area (Å²) in [5, 5.41) is 3.80. The van der Waals surface area contributed by atoms with Crippen LogP contribution in [0.2, 0.25) is 5.15 Å². The van der Waals surface area contributed by atoms with E-state index in [9.17, 15) is 4.79 Å². The predicted molar refractivity (Wildman–Crippen MR) is 84.7 cm³/mol. The highest BCUT2D eigenvalue weighted by molar-refractivity contribution is 6.29. The van der Waals surface area contributed by atoms with Crippen molar-refractivity contribution in [1.29, 1.82) is 0 Å². The van der Waals surface area contributed by atoms with Crippen molar-refractivity contribution >= 4 is 17.7 Å². The fourth-order valence-electron chi connectivity index (χ4n) is 2.35. The zero-order valence-electron chi connectivity index (χ0n) is 13.3. The molecule has 1 unspecified atom stereocenters. The van der Waals surface area contributed by atoms with Gasteiger partial charge in [-0.1, -0.05) is 11.6 Å². The number of halogens is 1. The van der Waals surface area contributed by atoms with Crippen molar-refractivity contribution in [1.82, 2.24) is 20.2 Å². The average molecular weight is 327 g/mol. The van der Waals surface area contributed by atoms with Crippen molar-refractivity contribution in [3.05, 3.63) is 23.2 Å². The van der Waals surface area contributed by atoms with Gasteiger partial charge in [-0.3, -0.25) is 4.98 Å². The number of nitrogens with one attached hydrogen (secondary N) is 1. The Morgan fingerprint density at radius 2 is 2.18 bits per heavy atom. The van der Waals surface area contributed by atoms with Crippen LogP contribution in [0, 0.1) is 0 Å². The summed E-state index contributed by atoms with van der Waals surface area (Å²) >= 11 is 6.00. The van der Waals surface area contributed by atoms with E-state index in [4.69, 9.17) is 16.3 Å². The van der Waals surface area contributed by atoms with Crippen molar-refractivity contribution in [3.63, 3.8) is 0 Å². The lowest BCUT2D eigenvalue weighted by Gasteiger charge is -2.34. The van der Waals surface area contributed by atoms with Crippen molar-refractivity contribution in [2.24, 2.45) is 0 Å². The van der Waals surface area contributed by atoms with E-state index >= 15 is 0 Å². The number of amides is 1. The van der Waals surface area contributed by atoms with Crippen molar-refractivity contribution in [2.45, 2.75) is 51.8 Å². The first-order chi connectivity index (χ1) is 10.3. The van der Waals surface area contributed by atoms with Crippen LogP contribution in [0.15, 0.2) is 12.4 Å². The fraction of sp³-hybridized carbons (Fsp3) is 0.667. The number of hydrogen-bond donors (Lipinski definition) is 1. The molecule has 1 aromatic heterocycles. The van der Waals surface area contributed by atoms with E-state index < -0.39 is 5.60 Å². The Morgan fingerprint density at radius 3 is 2.86 bits per heavy atom. The van der Waals surface area contributed by atoms with E-state index in [-0.39, 0.29) is 12.1 Å². The topological polar surface area (TPSA) is 67.3 Å². The normalized spacial score (nSPS) is 19.1. The van der Waals surface area contributed by atoms with Crippen LogP contribution in [-0.2, 0) is 11.3 Å². The van der Waals surface area contributed by atoms with Gasteiger partial charge in [-0.05, 0) is 33.6 Å². The zero-order chi connectivity index (χ0) is 16.2. The van der Waals surface area contributed by atoms with Crippen LogP contribution in [0.3, 0.4) is 0 Å². The molecule has 1 N–H and O–H groups in total. The molecule has 1 fully saturated rings. The summed E-state index contributed by atoms with van der Waals surface area (Å²) in [6.45, 7) is 7.53. The number of ether oxygens (including phenoxy) is 1. The fourth-order valence-corrected chi connectivity index (χ4v) is 2.52. The molecular formula is C15H23ClN4O2. The minimum atomic E-state index is -0.468. The number of carbonyl (C=O) groups excluding carboxylic acids is 1. The quantitative estimate of drug-likeness (QED) is 0.924. The van der Waals surface area contributed by atoms with Crippen LogP contribution in [0.4, 0.5) is 4.79 Å². The largest absolute Gasteiger partial charge is 0.444 e. The summed E-state index contributed by atoms with van der Waals surface area (Å²) in [5.41, 5.74) is 0.253. The first-order valence-corrected chi connectivity index (χ1v) is 7.89. The maximum Gasteiger partial charge on any atom is 0.410 e. The van der Waals surface area contributed by atoms with Gasteiger partial charge in [0.2, 0.25) is 0 Å². The third-order valence-corrected chi connectivity index (χ3v) is 3.67. The summed E-state index contributed by atoms with van der Waals surface area (Å²) in [5.74, 6) is 0. The van der Waals surface area contributed by atoms with Gasteiger partial charge in [-0.25, -0.2) is 9.78 Å². The molecule has 2 heterocycles. The van der Waals surface area contributed by atoms with Crippen LogP contribution in [0.1, 0.15) is 39.3 Å². The number of likely N-dealkylation sites (tertiary alicyclic amines) is 1. The second kappa shape index (κ2) is 7.24. The van der Waals surface area contributed by atoms with Crippen LogP contribution in [0.5, 0.6) is 0 Å². The smallest absolute Gasteiger partial charge is 0.410 e. The van der Waals surface area contributed by atoms with Gasteiger partial charge in [0.1, 0.15) is 5.60 Å². The van der Waals surface area contributed by atoms with E-state index in [0.717, 1.165) is 25.1 Å². The average Bonchev–Trinajstić information content (AvgIpc) is 2.45. The Balaban J connectivity index is 1.86. The molecule has 0 radical (unpaired) electrons. The maximum atomic E-state index is 12.1. The Bertz CT molecular complexity index is 519. The third kappa shape index (κ3) is 5.10. The van der Waals surface area contributed by atoms with Crippen LogP contribution >= 0.6 is 11.6 Å². The summed E-state index contributed by atoms with van der Waals surface area (Å²) in [6.07, 6.45) is 4.90. The number of aromatic nitrogens is 2. The first-order valence-electron chi connectivity index (χ1n) is 7.52. The number of rotatable bonds is 3. The molecule has 1 atom stereocenters. The lowest BCUT2D eigenvalue weighted by Crippen LogP contribution is -2.49. The summed E-state index contributed by atoms with van der Waals surface area (Å²) in [6, 6.07) is 0.208. The molecule has 22 heavy (non-hydrogen) atoms. The summed E-state index contributed by atoms with van der Waals surface area (Å²) in [4.78, 5) is 22.1. The van der Waals surface area contributed by atoms with E-state index in [1.807, 2.05) is 20.8 Å². The van der Waals surface area contributed by atoms with Crippen LogP contribution < -0.4 is 5.32 Å². The predicted octanol–water partition coefficient (Wildman–Crippen LogP) is 2.62. The summed E-state index contributed by atoms with van der Waals surface area (Å²) in [7, 11) is 0. The Morgan fingerprint density at radius 1 is 1.45 bits per heavy atom. The number of carbonyl (C=O) groups is 1. The van der Waals surface area contributed by atoms with Gasteiger partial charge in [0.05, 0.1) is 5.69 Å². The highest BCUT2D eigenvalue weighted by Gasteiger charge is 2.27. The highest BCUT2D eigenvalue weighted by Crippen LogP contribution is 2.16. The monoisotopic (exact) mass is 326 g/mol. The molecule has 0 bridgehead atoms. The molecule has 1 aliphatic rings. The van der Waals surface area contributed by atoms with Crippen molar-refractivity contribution in [2.75, 3.05) is 13.1 Å². The molecule has 0 saturated carbocycles. The SMILES string of the molecule is CC(C)(C)OC(=O)N1CCCC(NCc2nccnc2Cl)C1. The van der Waals surface area contributed by atoms with E-state index in [0.29, 0.717) is 18.2 Å². The third-order valence-electron chi connectivity index (χ3n) is 3.35. The van der Waals surface area contributed by atoms with Crippen LogP contribution in [0.25, 0.3) is 0 Å².